The number of piperidine rings is 1. The van der Waals surface area contributed by atoms with Crippen LogP contribution in [-0.2, 0) is 19.1 Å². The van der Waals surface area contributed by atoms with Crippen molar-refractivity contribution in [3.63, 3.8) is 0 Å². The number of carbonyl (C=O) groups is 2. The minimum absolute atomic E-state index is 0.0754. The van der Waals surface area contributed by atoms with Gasteiger partial charge < -0.3 is 19.5 Å². The Bertz CT molecular complexity index is 292. The highest BCUT2D eigenvalue weighted by Gasteiger charge is 2.32. The third kappa shape index (κ3) is 2.95. The molecule has 2 aliphatic rings. The van der Waals surface area contributed by atoms with Crippen LogP contribution in [0, 0.1) is 5.92 Å². The van der Waals surface area contributed by atoms with Gasteiger partial charge in [-0.15, -0.1) is 0 Å². The minimum Gasteiger partial charge on any atom is -0.481 e. The normalized spacial score (nSPS) is 26.8. The Morgan fingerprint density at radius 1 is 1.18 bits per heavy atom. The van der Waals surface area contributed by atoms with E-state index in [0.29, 0.717) is 45.8 Å². The molecule has 0 aromatic heterocycles. The number of rotatable bonds is 2. The van der Waals surface area contributed by atoms with E-state index >= 15 is 0 Å². The Kier molecular flexibility index (Phi) is 3.96. The van der Waals surface area contributed by atoms with Crippen LogP contribution in [0.25, 0.3) is 0 Å². The molecule has 17 heavy (non-hydrogen) atoms. The molecule has 2 heterocycles. The quantitative estimate of drug-likeness (QED) is 0.722. The van der Waals surface area contributed by atoms with Crippen molar-refractivity contribution in [3.05, 3.63) is 0 Å². The highest BCUT2D eigenvalue weighted by molar-refractivity contribution is 5.81. The van der Waals surface area contributed by atoms with Crippen LogP contribution in [0.1, 0.15) is 12.8 Å². The van der Waals surface area contributed by atoms with Crippen molar-refractivity contribution in [1.29, 1.82) is 0 Å². The Balaban J connectivity index is 1.83. The molecule has 6 heteroatoms. The number of likely N-dealkylation sites (tertiary alicyclic amines) is 1. The van der Waals surface area contributed by atoms with Crippen molar-refractivity contribution in [2.24, 2.45) is 5.92 Å². The summed E-state index contributed by atoms with van der Waals surface area (Å²) >= 11 is 0. The summed E-state index contributed by atoms with van der Waals surface area (Å²) in [5, 5.41) is 8.86. The molecule has 0 saturated carbocycles. The van der Waals surface area contributed by atoms with Gasteiger partial charge in [-0.05, 0) is 12.8 Å². The molecule has 2 rings (SSSR count). The van der Waals surface area contributed by atoms with Crippen molar-refractivity contribution in [2.75, 3.05) is 32.9 Å². The molecule has 6 nitrogen and oxygen atoms in total. The zero-order valence-electron chi connectivity index (χ0n) is 9.63. The summed E-state index contributed by atoms with van der Waals surface area (Å²) in [6.07, 6.45) is 0.536. The number of carboxylic acid groups (broad SMARTS) is 1. The molecule has 0 spiro atoms. The van der Waals surface area contributed by atoms with Gasteiger partial charge in [0.25, 0.3) is 5.91 Å². The topological polar surface area (TPSA) is 76.1 Å². The standard InChI is InChI=1S/C11H17NO5/c13-10(9-7-16-5-6-17-9)12-3-1-8(2-4-12)11(14)15/h8-9H,1-7H2,(H,14,15). The summed E-state index contributed by atoms with van der Waals surface area (Å²) in [6.45, 7) is 2.27. The minimum atomic E-state index is -0.769. The molecule has 2 fully saturated rings. The SMILES string of the molecule is O=C(O)C1CCN(C(=O)C2COCCO2)CC1. The monoisotopic (exact) mass is 243 g/mol. The van der Waals surface area contributed by atoms with E-state index in [4.69, 9.17) is 14.6 Å². The molecule has 0 bridgehead atoms. The van der Waals surface area contributed by atoms with Crippen LogP contribution >= 0.6 is 0 Å². The maximum Gasteiger partial charge on any atom is 0.306 e. The maximum absolute atomic E-state index is 12.0. The van der Waals surface area contributed by atoms with Gasteiger partial charge in [0.15, 0.2) is 6.10 Å². The van der Waals surface area contributed by atoms with Crippen molar-refractivity contribution in [3.8, 4) is 0 Å². The number of carbonyl (C=O) groups excluding carboxylic acids is 1. The Morgan fingerprint density at radius 3 is 2.41 bits per heavy atom. The number of amides is 1. The van der Waals surface area contributed by atoms with E-state index in [-0.39, 0.29) is 11.8 Å². The van der Waals surface area contributed by atoms with Gasteiger partial charge in [-0.25, -0.2) is 0 Å². The largest absolute Gasteiger partial charge is 0.481 e. The van der Waals surface area contributed by atoms with E-state index < -0.39 is 12.1 Å². The first-order valence-electron chi connectivity index (χ1n) is 5.89. The third-order valence-electron chi connectivity index (χ3n) is 3.25. The van der Waals surface area contributed by atoms with Gasteiger partial charge in [-0.2, -0.15) is 0 Å². The van der Waals surface area contributed by atoms with E-state index in [2.05, 4.69) is 0 Å². The second kappa shape index (κ2) is 5.46. The molecule has 1 amide bonds. The molecule has 0 radical (unpaired) electrons. The number of aliphatic carboxylic acids is 1. The van der Waals surface area contributed by atoms with Crippen molar-refractivity contribution < 1.29 is 24.2 Å². The van der Waals surface area contributed by atoms with Gasteiger partial charge in [0, 0.05) is 13.1 Å². The van der Waals surface area contributed by atoms with Crippen LogP contribution < -0.4 is 0 Å². The number of ether oxygens (including phenoxy) is 2. The first-order valence-corrected chi connectivity index (χ1v) is 5.89. The summed E-state index contributed by atoms with van der Waals surface area (Å²) in [7, 11) is 0. The molecular weight excluding hydrogens is 226 g/mol. The molecule has 2 aliphatic heterocycles. The summed E-state index contributed by atoms with van der Waals surface area (Å²) < 4.78 is 10.5. The number of hydrogen-bond acceptors (Lipinski definition) is 4. The van der Waals surface area contributed by atoms with E-state index in [1.165, 1.54) is 0 Å². The van der Waals surface area contributed by atoms with Crippen LogP contribution in [0.5, 0.6) is 0 Å². The smallest absolute Gasteiger partial charge is 0.306 e. The average Bonchev–Trinajstić information content (AvgIpc) is 2.39. The van der Waals surface area contributed by atoms with Gasteiger partial charge >= 0.3 is 5.97 Å². The molecule has 0 aromatic carbocycles. The molecular formula is C11H17NO5. The van der Waals surface area contributed by atoms with Gasteiger partial charge in [0.05, 0.1) is 25.7 Å². The van der Waals surface area contributed by atoms with Crippen LogP contribution in [0.3, 0.4) is 0 Å². The van der Waals surface area contributed by atoms with Crippen LogP contribution in [-0.4, -0.2) is 60.9 Å². The zero-order valence-corrected chi connectivity index (χ0v) is 9.63. The molecule has 96 valence electrons. The lowest BCUT2D eigenvalue weighted by Crippen LogP contribution is -2.48. The predicted octanol–water partition coefficient (Wildman–Crippen LogP) is -0.275. The van der Waals surface area contributed by atoms with Gasteiger partial charge in [0.1, 0.15) is 0 Å². The van der Waals surface area contributed by atoms with Gasteiger partial charge in [-0.1, -0.05) is 0 Å². The number of hydrogen-bond donors (Lipinski definition) is 1. The molecule has 0 aromatic rings. The lowest BCUT2D eigenvalue weighted by atomic mass is 9.97. The van der Waals surface area contributed by atoms with E-state index in [0.717, 1.165) is 0 Å². The number of carboxylic acids is 1. The van der Waals surface area contributed by atoms with E-state index in [9.17, 15) is 9.59 Å². The zero-order chi connectivity index (χ0) is 12.3. The summed E-state index contributed by atoms with van der Waals surface area (Å²) in [4.78, 5) is 24.5. The molecule has 1 atom stereocenters. The van der Waals surface area contributed by atoms with Crippen molar-refractivity contribution in [2.45, 2.75) is 18.9 Å². The summed E-state index contributed by atoms with van der Waals surface area (Å²) in [5.41, 5.74) is 0. The van der Waals surface area contributed by atoms with Gasteiger partial charge in [0.2, 0.25) is 0 Å². The van der Waals surface area contributed by atoms with Crippen molar-refractivity contribution in [1.82, 2.24) is 4.90 Å². The molecule has 0 aliphatic carbocycles. The fourth-order valence-electron chi connectivity index (χ4n) is 2.18. The second-order valence-corrected chi connectivity index (χ2v) is 4.37. The lowest BCUT2D eigenvalue weighted by Gasteiger charge is -2.33. The van der Waals surface area contributed by atoms with E-state index in [1.54, 1.807) is 4.90 Å². The first kappa shape index (κ1) is 12.3. The highest BCUT2D eigenvalue weighted by Crippen LogP contribution is 2.18. The maximum atomic E-state index is 12.0. The Morgan fingerprint density at radius 2 is 1.88 bits per heavy atom. The van der Waals surface area contributed by atoms with Crippen LogP contribution in [0.4, 0.5) is 0 Å². The summed E-state index contributed by atoms with van der Waals surface area (Å²) in [6, 6.07) is 0. The van der Waals surface area contributed by atoms with Crippen molar-refractivity contribution >= 4 is 11.9 Å². The summed E-state index contributed by atoms with van der Waals surface area (Å²) in [5.74, 6) is -1.16. The second-order valence-electron chi connectivity index (χ2n) is 4.37. The Labute approximate surface area is 99.5 Å². The first-order chi connectivity index (χ1) is 8.18. The average molecular weight is 243 g/mol. The van der Waals surface area contributed by atoms with Crippen LogP contribution in [0.2, 0.25) is 0 Å². The highest BCUT2D eigenvalue weighted by atomic mass is 16.6. The third-order valence-corrected chi connectivity index (χ3v) is 3.25. The molecule has 2 saturated heterocycles. The number of nitrogens with zero attached hydrogens (tertiary/aromatic N) is 1. The fourth-order valence-corrected chi connectivity index (χ4v) is 2.18. The molecule has 1 N–H and O–H groups in total. The lowest BCUT2D eigenvalue weighted by molar-refractivity contribution is -0.160. The van der Waals surface area contributed by atoms with Gasteiger partial charge in [-0.3, -0.25) is 9.59 Å². The Hall–Kier alpha value is -1.14. The van der Waals surface area contributed by atoms with Crippen LogP contribution in [0.15, 0.2) is 0 Å². The van der Waals surface area contributed by atoms with E-state index in [1.807, 2.05) is 0 Å². The fraction of sp³-hybridized carbons (Fsp3) is 0.818. The predicted molar refractivity (Wildman–Crippen MR) is 57.5 cm³/mol. The molecule has 1 unspecified atom stereocenters.